The lowest BCUT2D eigenvalue weighted by Gasteiger charge is -2.01. The third-order valence-corrected chi connectivity index (χ3v) is 3.39. The largest absolute Gasteiger partial charge is 0.335 e. The zero-order chi connectivity index (χ0) is 13.8. The highest BCUT2D eigenvalue weighted by Crippen LogP contribution is 2.23. The number of hydrogen-bond donors (Lipinski definition) is 1. The number of rotatable bonds is 5. The maximum absolute atomic E-state index is 12.0. The average Bonchev–Trinajstić information content (AvgIpc) is 2.83. The van der Waals surface area contributed by atoms with Crippen LogP contribution in [-0.2, 0) is 13.0 Å². The number of carbonyl (C=O) groups is 1. The van der Waals surface area contributed by atoms with Gasteiger partial charge in [-0.1, -0.05) is 29.3 Å². The van der Waals surface area contributed by atoms with E-state index in [1.165, 1.54) is 0 Å². The monoisotopic (exact) mass is 297 g/mol. The summed E-state index contributed by atoms with van der Waals surface area (Å²) >= 11 is 11.7. The maximum Gasteiger partial charge on any atom is 0.187 e. The van der Waals surface area contributed by atoms with E-state index in [1.807, 2.05) is 0 Å². The van der Waals surface area contributed by atoms with Crippen molar-refractivity contribution in [1.29, 1.82) is 0 Å². The van der Waals surface area contributed by atoms with Crippen LogP contribution in [0.25, 0.3) is 0 Å². The van der Waals surface area contributed by atoms with Gasteiger partial charge in [0.05, 0.1) is 16.4 Å². The van der Waals surface area contributed by atoms with Crippen molar-refractivity contribution in [3.05, 3.63) is 52.0 Å². The van der Waals surface area contributed by atoms with Crippen molar-refractivity contribution in [3.8, 4) is 0 Å². The Morgan fingerprint density at radius 2 is 2.11 bits per heavy atom. The second kappa shape index (κ2) is 6.19. The number of nitrogens with zero attached hydrogens (tertiary/aromatic N) is 2. The Balaban J connectivity index is 2.09. The third-order valence-electron chi connectivity index (χ3n) is 2.65. The van der Waals surface area contributed by atoms with Crippen molar-refractivity contribution < 1.29 is 4.79 Å². The van der Waals surface area contributed by atoms with E-state index in [-0.39, 0.29) is 12.2 Å². The summed E-state index contributed by atoms with van der Waals surface area (Å²) in [6.07, 6.45) is 3.55. The van der Waals surface area contributed by atoms with Gasteiger partial charge in [-0.25, -0.2) is 4.98 Å². The van der Waals surface area contributed by atoms with Crippen molar-refractivity contribution >= 4 is 29.0 Å². The minimum absolute atomic E-state index is 0.0610. The van der Waals surface area contributed by atoms with Crippen LogP contribution >= 0.6 is 23.2 Å². The summed E-state index contributed by atoms with van der Waals surface area (Å²) in [4.78, 5) is 16.1. The standard InChI is InChI=1S/C13H13Cl2N3O/c14-10-2-1-9(5-11(10)15)6-13(19)12-7-18(4-3-16)8-17-12/h1-2,5,7-8H,3-4,6,16H2. The van der Waals surface area contributed by atoms with Gasteiger partial charge in [-0.2, -0.15) is 0 Å². The third kappa shape index (κ3) is 3.56. The van der Waals surface area contributed by atoms with Gasteiger partial charge < -0.3 is 10.3 Å². The Morgan fingerprint density at radius 3 is 2.79 bits per heavy atom. The molecule has 0 atom stereocenters. The van der Waals surface area contributed by atoms with Crippen LogP contribution in [0.5, 0.6) is 0 Å². The summed E-state index contributed by atoms with van der Waals surface area (Å²) in [7, 11) is 0. The van der Waals surface area contributed by atoms with E-state index in [4.69, 9.17) is 28.9 Å². The van der Waals surface area contributed by atoms with Crippen LogP contribution in [-0.4, -0.2) is 21.9 Å². The predicted octanol–water partition coefficient (Wildman–Crippen LogP) is 2.57. The number of halogens is 2. The van der Waals surface area contributed by atoms with Crippen LogP contribution in [0.4, 0.5) is 0 Å². The van der Waals surface area contributed by atoms with E-state index >= 15 is 0 Å². The summed E-state index contributed by atoms with van der Waals surface area (Å²) in [5.74, 6) is -0.0610. The number of benzene rings is 1. The fourth-order valence-electron chi connectivity index (χ4n) is 1.70. The summed E-state index contributed by atoms with van der Waals surface area (Å²) in [6.45, 7) is 1.16. The number of ketones is 1. The van der Waals surface area contributed by atoms with Crippen molar-refractivity contribution in [2.24, 2.45) is 5.73 Å². The molecule has 0 radical (unpaired) electrons. The molecule has 100 valence electrons. The van der Waals surface area contributed by atoms with Crippen LogP contribution in [0.3, 0.4) is 0 Å². The fraction of sp³-hybridized carbons (Fsp3) is 0.231. The molecule has 0 aliphatic rings. The topological polar surface area (TPSA) is 60.9 Å². The van der Waals surface area contributed by atoms with E-state index in [0.29, 0.717) is 28.8 Å². The van der Waals surface area contributed by atoms with Crippen molar-refractivity contribution in [2.75, 3.05) is 6.54 Å². The van der Waals surface area contributed by atoms with Gasteiger partial charge in [0.25, 0.3) is 0 Å². The summed E-state index contributed by atoms with van der Waals surface area (Å²) in [5.41, 5.74) is 6.68. The molecule has 2 aromatic rings. The molecule has 0 fully saturated rings. The lowest BCUT2D eigenvalue weighted by atomic mass is 10.1. The lowest BCUT2D eigenvalue weighted by Crippen LogP contribution is -2.08. The molecule has 1 aromatic heterocycles. The Bertz CT molecular complexity index is 595. The molecule has 1 heterocycles. The Labute approximate surface area is 121 Å². The first-order chi connectivity index (χ1) is 9.10. The molecule has 0 aliphatic heterocycles. The first-order valence-electron chi connectivity index (χ1n) is 5.79. The molecular formula is C13H13Cl2N3O. The molecule has 0 saturated heterocycles. The van der Waals surface area contributed by atoms with Crippen LogP contribution in [0.1, 0.15) is 16.1 Å². The second-order valence-electron chi connectivity index (χ2n) is 4.13. The summed E-state index contributed by atoms with van der Waals surface area (Å²) in [6, 6.07) is 5.15. The molecule has 2 N–H and O–H groups in total. The molecule has 19 heavy (non-hydrogen) atoms. The van der Waals surface area contributed by atoms with Gasteiger partial charge in [-0.3, -0.25) is 4.79 Å². The van der Waals surface area contributed by atoms with Gasteiger partial charge in [0, 0.05) is 25.7 Å². The Morgan fingerprint density at radius 1 is 1.32 bits per heavy atom. The van der Waals surface area contributed by atoms with E-state index in [1.54, 1.807) is 35.3 Å². The summed E-state index contributed by atoms with van der Waals surface area (Å²) in [5, 5.41) is 0.922. The molecular weight excluding hydrogens is 285 g/mol. The molecule has 1 aromatic carbocycles. The predicted molar refractivity (Wildman–Crippen MR) is 75.8 cm³/mol. The fourth-order valence-corrected chi connectivity index (χ4v) is 2.02. The molecule has 0 unspecified atom stereocenters. The SMILES string of the molecule is NCCn1cnc(C(=O)Cc2ccc(Cl)c(Cl)c2)c1. The average molecular weight is 298 g/mol. The van der Waals surface area contributed by atoms with E-state index in [9.17, 15) is 4.79 Å². The summed E-state index contributed by atoms with van der Waals surface area (Å²) < 4.78 is 1.79. The highest BCUT2D eigenvalue weighted by atomic mass is 35.5. The highest BCUT2D eigenvalue weighted by molar-refractivity contribution is 6.42. The van der Waals surface area contributed by atoms with E-state index in [0.717, 1.165) is 5.56 Å². The number of Topliss-reactive ketones (excluding diaryl/α,β-unsaturated/α-hetero) is 1. The van der Waals surface area contributed by atoms with Crippen molar-refractivity contribution in [2.45, 2.75) is 13.0 Å². The molecule has 0 aliphatic carbocycles. The molecule has 0 saturated carbocycles. The molecule has 0 spiro atoms. The Kier molecular flexibility index (Phi) is 4.58. The number of imidazole rings is 1. The van der Waals surface area contributed by atoms with E-state index < -0.39 is 0 Å². The molecule has 4 nitrogen and oxygen atoms in total. The van der Waals surface area contributed by atoms with Crippen LogP contribution in [0, 0.1) is 0 Å². The zero-order valence-electron chi connectivity index (χ0n) is 10.1. The van der Waals surface area contributed by atoms with Gasteiger partial charge in [-0.05, 0) is 17.7 Å². The Hall–Kier alpha value is -1.36. The number of nitrogens with two attached hydrogens (primary N) is 1. The van der Waals surface area contributed by atoms with Gasteiger partial charge in [-0.15, -0.1) is 0 Å². The number of aromatic nitrogens is 2. The van der Waals surface area contributed by atoms with Gasteiger partial charge in [0.1, 0.15) is 5.69 Å². The minimum atomic E-state index is -0.0610. The molecule has 0 amide bonds. The van der Waals surface area contributed by atoms with Crippen LogP contribution < -0.4 is 5.73 Å². The van der Waals surface area contributed by atoms with Crippen molar-refractivity contribution in [3.63, 3.8) is 0 Å². The van der Waals surface area contributed by atoms with Gasteiger partial charge >= 0.3 is 0 Å². The highest BCUT2D eigenvalue weighted by Gasteiger charge is 2.11. The second-order valence-corrected chi connectivity index (χ2v) is 4.95. The van der Waals surface area contributed by atoms with Crippen LogP contribution in [0.2, 0.25) is 10.0 Å². The smallest absolute Gasteiger partial charge is 0.187 e. The lowest BCUT2D eigenvalue weighted by molar-refractivity contribution is 0.0988. The first kappa shape index (κ1) is 14.1. The van der Waals surface area contributed by atoms with Crippen LogP contribution in [0.15, 0.2) is 30.7 Å². The minimum Gasteiger partial charge on any atom is -0.335 e. The molecule has 6 heteroatoms. The molecule has 0 bridgehead atoms. The van der Waals surface area contributed by atoms with Gasteiger partial charge in [0.2, 0.25) is 0 Å². The number of hydrogen-bond acceptors (Lipinski definition) is 3. The number of carbonyl (C=O) groups excluding carboxylic acids is 1. The zero-order valence-corrected chi connectivity index (χ0v) is 11.7. The molecule has 2 rings (SSSR count). The van der Waals surface area contributed by atoms with E-state index in [2.05, 4.69) is 4.98 Å². The maximum atomic E-state index is 12.0. The normalized spacial score (nSPS) is 10.7. The van der Waals surface area contributed by atoms with Gasteiger partial charge in [0.15, 0.2) is 5.78 Å². The quantitative estimate of drug-likeness (QED) is 0.863. The first-order valence-corrected chi connectivity index (χ1v) is 6.54. The van der Waals surface area contributed by atoms with Crippen molar-refractivity contribution in [1.82, 2.24) is 9.55 Å².